The molecule has 1 fully saturated rings. The van der Waals surface area contributed by atoms with E-state index in [4.69, 9.17) is 6.42 Å². The van der Waals surface area contributed by atoms with Gasteiger partial charge in [-0.3, -0.25) is 4.79 Å². The third-order valence-electron chi connectivity index (χ3n) is 2.30. The number of terminal acetylenes is 1. The Kier molecular flexibility index (Phi) is 2.72. The fraction of sp³-hybridized carbons (Fsp3) is 0.667. The Morgan fingerprint density at radius 1 is 1.67 bits per heavy atom. The van der Waals surface area contributed by atoms with Crippen LogP contribution >= 0.6 is 0 Å². The highest BCUT2D eigenvalue weighted by atomic mass is 16.2. The lowest BCUT2D eigenvalue weighted by Gasteiger charge is -2.18. The molecule has 0 N–H and O–H groups in total. The fourth-order valence-corrected chi connectivity index (χ4v) is 1.44. The van der Waals surface area contributed by atoms with Crippen LogP contribution in [0.15, 0.2) is 0 Å². The zero-order valence-electron chi connectivity index (χ0n) is 7.58. The molecule has 0 aliphatic carbocycles. The molecule has 1 atom stereocenters. The molecule has 1 unspecified atom stereocenters. The molecule has 1 aliphatic rings. The van der Waals surface area contributed by atoms with Gasteiger partial charge in [-0.05, 0) is 26.4 Å². The molecule has 12 heavy (non-hydrogen) atoms. The number of carbonyl (C=O) groups excluding carboxylic acids is 1. The van der Waals surface area contributed by atoms with E-state index in [0.717, 1.165) is 19.5 Å². The van der Waals surface area contributed by atoms with Crippen molar-refractivity contribution in [2.24, 2.45) is 0 Å². The van der Waals surface area contributed by atoms with Gasteiger partial charge in [-0.1, -0.05) is 0 Å². The predicted octanol–water partition coefficient (Wildman–Crippen LogP) is -0.218. The molecule has 0 aromatic rings. The molecule has 0 saturated carbocycles. The molecule has 0 aromatic heterocycles. The number of rotatable bonds is 1. The number of hydrogen-bond donors (Lipinski definition) is 0. The van der Waals surface area contributed by atoms with E-state index < -0.39 is 0 Å². The predicted molar refractivity (Wildman–Crippen MR) is 47.5 cm³/mol. The first-order chi connectivity index (χ1) is 5.65. The van der Waals surface area contributed by atoms with Gasteiger partial charge in [0.05, 0.1) is 0 Å². The second-order valence-corrected chi connectivity index (χ2v) is 3.30. The van der Waals surface area contributed by atoms with E-state index in [2.05, 4.69) is 10.8 Å². The van der Waals surface area contributed by atoms with E-state index in [1.807, 2.05) is 14.1 Å². The standard InChI is InChI=1S/C9H14N2O/c1-4-9(12)11-6-5-8(7-11)10(2)3/h1,8H,5-7H2,2-3H3. The number of amides is 1. The summed E-state index contributed by atoms with van der Waals surface area (Å²) in [6, 6.07) is 0.474. The fourth-order valence-electron chi connectivity index (χ4n) is 1.44. The molecule has 1 aliphatic heterocycles. The molecule has 0 spiro atoms. The molecule has 1 saturated heterocycles. The number of carbonyl (C=O) groups is 1. The molecule has 0 bridgehead atoms. The van der Waals surface area contributed by atoms with Crippen molar-refractivity contribution in [1.82, 2.24) is 9.80 Å². The van der Waals surface area contributed by atoms with Crippen LogP contribution in [-0.2, 0) is 4.79 Å². The van der Waals surface area contributed by atoms with E-state index in [0.29, 0.717) is 6.04 Å². The third-order valence-corrected chi connectivity index (χ3v) is 2.30. The van der Waals surface area contributed by atoms with Crippen LogP contribution in [0.5, 0.6) is 0 Å². The van der Waals surface area contributed by atoms with Crippen molar-refractivity contribution in [3.8, 4) is 12.3 Å². The van der Waals surface area contributed by atoms with Crippen molar-refractivity contribution in [2.45, 2.75) is 12.5 Å². The smallest absolute Gasteiger partial charge is 0.298 e. The maximum Gasteiger partial charge on any atom is 0.298 e. The Morgan fingerprint density at radius 2 is 2.33 bits per heavy atom. The van der Waals surface area contributed by atoms with Crippen molar-refractivity contribution in [2.75, 3.05) is 27.2 Å². The highest BCUT2D eigenvalue weighted by molar-refractivity contribution is 5.93. The zero-order chi connectivity index (χ0) is 9.14. The van der Waals surface area contributed by atoms with Crippen LogP contribution in [0.2, 0.25) is 0 Å². The topological polar surface area (TPSA) is 23.6 Å². The maximum atomic E-state index is 11.1. The van der Waals surface area contributed by atoms with Crippen molar-refractivity contribution in [3.05, 3.63) is 0 Å². The number of likely N-dealkylation sites (N-methyl/N-ethyl adjacent to an activating group) is 1. The molecule has 3 nitrogen and oxygen atoms in total. The van der Waals surface area contributed by atoms with Gasteiger partial charge in [0.2, 0.25) is 0 Å². The minimum absolute atomic E-state index is 0.181. The molecule has 3 heteroatoms. The Morgan fingerprint density at radius 3 is 2.75 bits per heavy atom. The normalized spacial score (nSPS) is 22.8. The Balaban J connectivity index is 2.47. The second kappa shape index (κ2) is 3.59. The minimum atomic E-state index is -0.181. The van der Waals surface area contributed by atoms with Crippen molar-refractivity contribution in [3.63, 3.8) is 0 Å². The lowest BCUT2D eigenvalue weighted by molar-refractivity contribution is -0.124. The summed E-state index contributed by atoms with van der Waals surface area (Å²) in [5.74, 6) is 1.95. The summed E-state index contributed by atoms with van der Waals surface area (Å²) in [7, 11) is 4.04. The van der Waals surface area contributed by atoms with Crippen LogP contribution in [-0.4, -0.2) is 48.9 Å². The largest absolute Gasteiger partial charge is 0.330 e. The van der Waals surface area contributed by atoms with E-state index in [9.17, 15) is 4.79 Å². The molecule has 0 aromatic carbocycles. The van der Waals surface area contributed by atoms with Gasteiger partial charge in [-0.25, -0.2) is 0 Å². The highest BCUT2D eigenvalue weighted by Crippen LogP contribution is 2.12. The van der Waals surface area contributed by atoms with Gasteiger partial charge >= 0.3 is 0 Å². The summed E-state index contributed by atoms with van der Waals surface area (Å²) in [4.78, 5) is 14.9. The van der Waals surface area contributed by atoms with E-state index in [1.54, 1.807) is 4.90 Å². The summed E-state index contributed by atoms with van der Waals surface area (Å²) in [6.07, 6.45) is 6.05. The van der Waals surface area contributed by atoms with Gasteiger partial charge in [0.25, 0.3) is 5.91 Å². The third kappa shape index (κ3) is 1.77. The monoisotopic (exact) mass is 166 g/mol. The number of hydrogen-bond acceptors (Lipinski definition) is 2. The SMILES string of the molecule is C#CC(=O)N1CCC(N(C)C)C1. The summed E-state index contributed by atoms with van der Waals surface area (Å²) in [5.41, 5.74) is 0. The van der Waals surface area contributed by atoms with Crippen LogP contribution in [0.3, 0.4) is 0 Å². The average Bonchev–Trinajstić information content (AvgIpc) is 2.51. The first-order valence-corrected chi connectivity index (χ1v) is 4.07. The van der Waals surface area contributed by atoms with Crippen LogP contribution in [0.25, 0.3) is 0 Å². The maximum absolute atomic E-state index is 11.1. The summed E-state index contributed by atoms with van der Waals surface area (Å²) in [6.45, 7) is 1.57. The summed E-state index contributed by atoms with van der Waals surface area (Å²) in [5, 5.41) is 0. The van der Waals surface area contributed by atoms with Crippen molar-refractivity contribution >= 4 is 5.91 Å². The first-order valence-electron chi connectivity index (χ1n) is 4.07. The van der Waals surface area contributed by atoms with Gasteiger partial charge in [-0.15, -0.1) is 6.42 Å². The Labute approximate surface area is 73.3 Å². The van der Waals surface area contributed by atoms with Crippen LogP contribution in [0.1, 0.15) is 6.42 Å². The number of likely N-dealkylation sites (tertiary alicyclic amines) is 1. The second-order valence-electron chi connectivity index (χ2n) is 3.30. The summed E-state index contributed by atoms with van der Waals surface area (Å²) >= 11 is 0. The molecular weight excluding hydrogens is 152 g/mol. The lowest BCUT2D eigenvalue weighted by Crippen LogP contribution is -2.33. The minimum Gasteiger partial charge on any atom is -0.330 e. The van der Waals surface area contributed by atoms with Gasteiger partial charge in [0.1, 0.15) is 0 Å². The van der Waals surface area contributed by atoms with Gasteiger partial charge < -0.3 is 9.80 Å². The van der Waals surface area contributed by atoms with Crippen LogP contribution in [0.4, 0.5) is 0 Å². The van der Waals surface area contributed by atoms with Crippen molar-refractivity contribution in [1.29, 1.82) is 0 Å². The van der Waals surface area contributed by atoms with Gasteiger partial charge in [0, 0.05) is 19.1 Å². The Hall–Kier alpha value is -1.01. The molecule has 1 rings (SSSR count). The molecule has 66 valence electrons. The highest BCUT2D eigenvalue weighted by Gasteiger charge is 2.26. The zero-order valence-corrected chi connectivity index (χ0v) is 7.58. The molecular formula is C9H14N2O. The van der Waals surface area contributed by atoms with Crippen LogP contribution in [0, 0.1) is 12.3 Å². The van der Waals surface area contributed by atoms with Gasteiger partial charge in [-0.2, -0.15) is 0 Å². The average molecular weight is 166 g/mol. The van der Waals surface area contributed by atoms with E-state index in [-0.39, 0.29) is 5.91 Å². The first kappa shape index (κ1) is 9.08. The van der Waals surface area contributed by atoms with Gasteiger partial charge in [0.15, 0.2) is 0 Å². The summed E-state index contributed by atoms with van der Waals surface area (Å²) < 4.78 is 0. The molecule has 1 amide bonds. The van der Waals surface area contributed by atoms with E-state index >= 15 is 0 Å². The van der Waals surface area contributed by atoms with E-state index in [1.165, 1.54) is 0 Å². The number of nitrogens with zero attached hydrogens (tertiary/aromatic N) is 2. The van der Waals surface area contributed by atoms with Crippen LogP contribution < -0.4 is 0 Å². The lowest BCUT2D eigenvalue weighted by atomic mass is 10.2. The quantitative estimate of drug-likeness (QED) is 0.503. The molecule has 0 radical (unpaired) electrons. The molecule has 1 heterocycles. The van der Waals surface area contributed by atoms with Crippen molar-refractivity contribution < 1.29 is 4.79 Å². The Bertz CT molecular complexity index is 217.